The number of para-hydroxylation sites is 1. The van der Waals surface area contributed by atoms with Crippen LogP contribution in [0.1, 0.15) is 27.6 Å². The molecule has 1 heterocycles. The quantitative estimate of drug-likeness (QED) is 0.463. The van der Waals surface area contributed by atoms with Crippen LogP contribution in [0.3, 0.4) is 0 Å². The number of benzene rings is 2. The Kier molecular flexibility index (Phi) is 5.30. The summed E-state index contributed by atoms with van der Waals surface area (Å²) in [5.74, 6) is -2.99. The summed E-state index contributed by atoms with van der Waals surface area (Å²) in [6, 6.07) is 12.6. The van der Waals surface area contributed by atoms with Crippen LogP contribution in [0.4, 0.5) is 11.4 Å². The molecule has 1 aliphatic heterocycles. The third kappa shape index (κ3) is 3.96. The first-order valence-electron chi connectivity index (χ1n) is 8.38. The van der Waals surface area contributed by atoms with Gasteiger partial charge in [0.2, 0.25) is 0 Å². The van der Waals surface area contributed by atoms with Gasteiger partial charge in [-0.1, -0.05) is 12.1 Å². The molecule has 0 saturated carbocycles. The Labute approximate surface area is 160 Å². The highest BCUT2D eigenvalue weighted by Gasteiger charge is 2.36. The zero-order chi connectivity index (χ0) is 20.3. The number of ether oxygens (including phenoxy) is 1. The second-order valence-corrected chi connectivity index (χ2v) is 6.08. The molecule has 28 heavy (non-hydrogen) atoms. The number of hydrogen-bond donors (Lipinski definition) is 1. The monoisotopic (exact) mass is 380 g/mol. The number of esters is 1. The van der Waals surface area contributed by atoms with Gasteiger partial charge in [-0.05, 0) is 43.3 Å². The maximum absolute atomic E-state index is 12.0. The number of fused-ring (bicyclic) bond motifs is 1. The molecule has 0 fully saturated rings. The fourth-order valence-electron chi connectivity index (χ4n) is 2.71. The molecule has 142 valence electrons. The van der Waals surface area contributed by atoms with Gasteiger partial charge in [-0.3, -0.25) is 28.9 Å². The van der Waals surface area contributed by atoms with Crippen LogP contribution in [0.25, 0.3) is 0 Å². The summed E-state index contributed by atoms with van der Waals surface area (Å²) in [6.45, 7) is 0.414. The maximum atomic E-state index is 12.0. The molecule has 2 amide bonds. The summed E-state index contributed by atoms with van der Waals surface area (Å²) in [6.07, 6.45) is 0. The van der Waals surface area contributed by atoms with Crippen LogP contribution in [0.2, 0.25) is 0 Å². The van der Waals surface area contributed by atoms with Crippen LogP contribution in [-0.4, -0.2) is 42.5 Å². The van der Waals surface area contributed by atoms with Crippen molar-refractivity contribution >= 4 is 40.7 Å². The van der Waals surface area contributed by atoms with Crippen LogP contribution in [0.15, 0.2) is 48.5 Å². The van der Waals surface area contributed by atoms with Crippen molar-refractivity contribution in [2.45, 2.75) is 6.92 Å². The Morgan fingerprint density at radius 1 is 1.00 bits per heavy atom. The Hall–Kier alpha value is -3.81. The van der Waals surface area contributed by atoms with Crippen molar-refractivity contribution in [1.82, 2.24) is 0 Å². The van der Waals surface area contributed by atoms with Gasteiger partial charge in [0.1, 0.15) is 6.54 Å². The summed E-state index contributed by atoms with van der Waals surface area (Å²) in [7, 11) is 0. The summed E-state index contributed by atoms with van der Waals surface area (Å²) >= 11 is 0. The van der Waals surface area contributed by atoms with E-state index in [-0.39, 0.29) is 11.3 Å². The first-order valence-corrected chi connectivity index (χ1v) is 8.38. The molecule has 0 saturated heterocycles. The van der Waals surface area contributed by atoms with Crippen LogP contribution in [0, 0.1) is 0 Å². The molecule has 1 aliphatic rings. The average molecular weight is 380 g/mol. The van der Waals surface area contributed by atoms with E-state index in [0.29, 0.717) is 16.9 Å². The predicted octanol–water partition coefficient (Wildman–Crippen LogP) is 1.60. The lowest BCUT2D eigenvalue weighted by molar-refractivity contribution is -0.146. The van der Waals surface area contributed by atoms with Crippen molar-refractivity contribution < 1.29 is 28.7 Å². The van der Waals surface area contributed by atoms with Gasteiger partial charge in [0.05, 0.1) is 11.3 Å². The van der Waals surface area contributed by atoms with Gasteiger partial charge >= 0.3 is 5.97 Å². The lowest BCUT2D eigenvalue weighted by Crippen LogP contribution is -2.36. The van der Waals surface area contributed by atoms with E-state index in [2.05, 4.69) is 5.32 Å². The lowest BCUT2D eigenvalue weighted by atomic mass is 10.1. The predicted molar refractivity (Wildman–Crippen MR) is 99.2 cm³/mol. The summed E-state index contributed by atoms with van der Waals surface area (Å²) in [4.78, 5) is 60.1. The van der Waals surface area contributed by atoms with E-state index in [1.54, 1.807) is 42.5 Å². The summed E-state index contributed by atoms with van der Waals surface area (Å²) < 4.78 is 4.89. The van der Waals surface area contributed by atoms with Crippen molar-refractivity contribution in [3.63, 3.8) is 0 Å². The van der Waals surface area contributed by atoms with Crippen molar-refractivity contribution in [1.29, 1.82) is 0 Å². The van der Waals surface area contributed by atoms with E-state index in [1.165, 1.54) is 13.0 Å². The molecular formula is C20H16N2O6. The zero-order valence-corrected chi connectivity index (χ0v) is 14.9. The van der Waals surface area contributed by atoms with E-state index in [9.17, 15) is 24.0 Å². The smallest absolute Gasteiger partial charge is 0.326 e. The first-order chi connectivity index (χ1) is 13.4. The van der Waals surface area contributed by atoms with E-state index < -0.39 is 36.7 Å². The molecule has 8 heteroatoms. The second-order valence-electron chi connectivity index (χ2n) is 6.08. The molecule has 0 aliphatic carbocycles. The van der Waals surface area contributed by atoms with E-state index in [1.807, 2.05) is 0 Å². The molecular weight excluding hydrogens is 364 g/mol. The molecule has 0 bridgehead atoms. The number of nitrogens with zero attached hydrogens (tertiary/aromatic N) is 1. The normalized spacial score (nSPS) is 12.5. The number of carbonyl (C=O) groups excluding carboxylic acids is 5. The fraction of sp³-hybridized carbons (Fsp3) is 0.150. The number of Topliss-reactive ketones (excluding diaryl/α,β-unsaturated/α-hetero) is 2. The molecule has 0 unspecified atom stereocenters. The van der Waals surface area contributed by atoms with Gasteiger partial charge in [-0.2, -0.15) is 0 Å². The number of hydrogen-bond acceptors (Lipinski definition) is 6. The molecule has 1 N–H and O–H groups in total. The largest absolute Gasteiger partial charge is 0.454 e. The molecule has 0 atom stereocenters. The number of nitrogens with one attached hydrogen (secondary N) is 1. The third-order valence-electron chi connectivity index (χ3n) is 4.11. The number of carbonyl (C=O) groups is 5. The van der Waals surface area contributed by atoms with Gasteiger partial charge in [0, 0.05) is 11.3 Å². The minimum Gasteiger partial charge on any atom is -0.454 e. The number of rotatable bonds is 6. The Morgan fingerprint density at radius 3 is 2.36 bits per heavy atom. The third-order valence-corrected chi connectivity index (χ3v) is 4.11. The Balaban J connectivity index is 1.53. The Morgan fingerprint density at radius 2 is 1.68 bits per heavy atom. The summed E-state index contributed by atoms with van der Waals surface area (Å²) in [5.41, 5.74) is 1.52. The number of anilines is 2. The van der Waals surface area contributed by atoms with Crippen molar-refractivity contribution in [3.8, 4) is 0 Å². The molecule has 8 nitrogen and oxygen atoms in total. The first kappa shape index (κ1) is 19.0. The SMILES string of the molecule is CC(=O)c1ccc(NC(=O)COC(=O)CN2C(=O)C(=O)c3ccccc32)cc1. The van der Waals surface area contributed by atoms with E-state index >= 15 is 0 Å². The minimum atomic E-state index is -0.820. The van der Waals surface area contributed by atoms with Crippen LogP contribution >= 0.6 is 0 Å². The molecule has 0 aromatic heterocycles. The molecule has 2 aromatic carbocycles. The summed E-state index contributed by atoms with van der Waals surface area (Å²) in [5, 5.41) is 2.53. The average Bonchev–Trinajstić information content (AvgIpc) is 2.92. The molecule has 3 rings (SSSR count). The van der Waals surface area contributed by atoms with Crippen molar-refractivity contribution in [2.75, 3.05) is 23.4 Å². The van der Waals surface area contributed by atoms with Gasteiger partial charge in [-0.15, -0.1) is 0 Å². The van der Waals surface area contributed by atoms with Gasteiger partial charge in [0.15, 0.2) is 12.4 Å². The maximum Gasteiger partial charge on any atom is 0.326 e. The Bertz CT molecular complexity index is 980. The van der Waals surface area contributed by atoms with Crippen LogP contribution in [-0.2, 0) is 19.1 Å². The molecule has 0 radical (unpaired) electrons. The molecule has 2 aromatic rings. The standard InChI is InChI=1S/C20H16N2O6/c1-12(23)13-6-8-14(9-7-13)21-17(24)11-28-18(25)10-22-16-5-3-2-4-15(16)19(26)20(22)27/h2-9H,10-11H2,1H3,(H,21,24). The lowest BCUT2D eigenvalue weighted by Gasteiger charge is -2.15. The van der Waals surface area contributed by atoms with Crippen molar-refractivity contribution in [3.05, 3.63) is 59.7 Å². The highest BCUT2D eigenvalue weighted by molar-refractivity contribution is 6.52. The fourth-order valence-corrected chi connectivity index (χ4v) is 2.71. The van der Waals surface area contributed by atoms with Gasteiger partial charge in [-0.25, -0.2) is 0 Å². The van der Waals surface area contributed by atoms with E-state index in [0.717, 1.165) is 4.90 Å². The minimum absolute atomic E-state index is 0.0941. The number of ketones is 2. The zero-order valence-electron chi connectivity index (χ0n) is 14.9. The highest BCUT2D eigenvalue weighted by atomic mass is 16.5. The number of amides is 2. The van der Waals surface area contributed by atoms with E-state index in [4.69, 9.17) is 4.74 Å². The topological polar surface area (TPSA) is 110 Å². The van der Waals surface area contributed by atoms with Crippen molar-refractivity contribution in [2.24, 2.45) is 0 Å². The molecule has 0 spiro atoms. The van der Waals surface area contributed by atoms with Gasteiger partial charge in [0.25, 0.3) is 17.6 Å². The van der Waals surface area contributed by atoms with Gasteiger partial charge < -0.3 is 10.1 Å². The second kappa shape index (κ2) is 7.83. The highest BCUT2D eigenvalue weighted by Crippen LogP contribution is 2.28. The van der Waals surface area contributed by atoms with Crippen LogP contribution in [0.5, 0.6) is 0 Å². The van der Waals surface area contributed by atoms with Crippen LogP contribution < -0.4 is 10.2 Å².